The Balaban J connectivity index is 1.62. The lowest BCUT2D eigenvalue weighted by molar-refractivity contribution is 0.102. The van der Waals surface area contributed by atoms with Gasteiger partial charge in [-0.3, -0.25) is 9.78 Å². The topological polar surface area (TPSA) is 76.1 Å². The van der Waals surface area contributed by atoms with Gasteiger partial charge in [0.05, 0.1) is 17.9 Å². The molecule has 0 fully saturated rings. The maximum atomic E-state index is 12.4. The van der Waals surface area contributed by atoms with Gasteiger partial charge in [-0.2, -0.15) is 0 Å². The zero-order valence-electron chi connectivity index (χ0n) is 14.5. The summed E-state index contributed by atoms with van der Waals surface area (Å²) in [7, 11) is 0. The standard InChI is InChI=1S/C20H20N4O2/c1-2-26-18-6-4-3-5-17(18)24-20(25)16-7-8-19(23-14-16)22-13-15-9-11-21-12-10-15/h3-12,14H,2,13H2,1H3,(H,22,23)(H,24,25). The molecule has 2 N–H and O–H groups in total. The lowest BCUT2D eigenvalue weighted by atomic mass is 10.2. The van der Waals surface area contributed by atoms with Crippen LogP contribution in [0.5, 0.6) is 5.75 Å². The number of hydrogen-bond acceptors (Lipinski definition) is 5. The summed E-state index contributed by atoms with van der Waals surface area (Å²) < 4.78 is 5.52. The van der Waals surface area contributed by atoms with Crippen molar-refractivity contribution in [1.29, 1.82) is 0 Å². The number of hydrogen-bond donors (Lipinski definition) is 2. The highest BCUT2D eigenvalue weighted by Crippen LogP contribution is 2.24. The number of para-hydroxylation sites is 2. The average molecular weight is 348 g/mol. The zero-order valence-corrected chi connectivity index (χ0v) is 14.5. The molecule has 0 aliphatic rings. The van der Waals surface area contributed by atoms with Crippen LogP contribution in [-0.4, -0.2) is 22.5 Å². The molecule has 0 bridgehead atoms. The molecular weight excluding hydrogens is 328 g/mol. The third kappa shape index (κ3) is 4.57. The highest BCUT2D eigenvalue weighted by molar-refractivity contribution is 6.04. The lowest BCUT2D eigenvalue weighted by Gasteiger charge is -2.11. The first-order chi connectivity index (χ1) is 12.8. The fourth-order valence-corrected chi connectivity index (χ4v) is 2.37. The number of amides is 1. The maximum Gasteiger partial charge on any atom is 0.257 e. The van der Waals surface area contributed by atoms with Crippen molar-refractivity contribution in [2.75, 3.05) is 17.2 Å². The highest BCUT2D eigenvalue weighted by Gasteiger charge is 2.10. The molecule has 6 nitrogen and oxygen atoms in total. The molecule has 2 heterocycles. The van der Waals surface area contributed by atoms with Gasteiger partial charge >= 0.3 is 0 Å². The minimum Gasteiger partial charge on any atom is -0.492 e. The van der Waals surface area contributed by atoms with E-state index in [1.807, 2.05) is 37.3 Å². The fourth-order valence-electron chi connectivity index (χ4n) is 2.37. The van der Waals surface area contributed by atoms with Crippen LogP contribution in [0.3, 0.4) is 0 Å². The molecular formula is C20H20N4O2. The Bertz CT molecular complexity index is 851. The van der Waals surface area contributed by atoms with Crippen molar-refractivity contribution in [2.45, 2.75) is 13.5 Å². The summed E-state index contributed by atoms with van der Waals surface area (Å²) in [5.74, 6) is 1.12. The Kier molecular flexibility index (Phi) is 5.77. The summed E-state index contributed by atoms with van der Waals surface area (Å²) in [6.45, 7) is 3.08. The monoisotopic (exact) mass is 348 g/mol. The van der Waals surface area contributed by atoms with Crippen molar-refractivity contribution in [3.05, 3.63) is 78.2 Å². The quantitative estimate of drug-likeness (QED) is 0.680. The van der Waals surface area contributed by atoms with Gasteiger partial charge in [0.1, 0.15) is 11.6 Å². The van der Waals surface area contributed by atoms with Crippen LogP contribution >= 0.6 is 0 Å². The predicted octanol–water partition coefficient (Wildman–Crippen LogP) is 3.74. The molecule has 26 heavy (non-hydrogen) atoms. The zero-order chi connectivity index (χ0) is 18.2. The third-order valence-electron chi connectivity index (χ3n) is 3.68. The van der Waals surface area contributed by atoms with Crippen molar-refractivity contribution in [3.63, 3.8) is 0 Å². The van der Waals surface area contributed by atoms with E-state index in [4.69, 9.17) is 4.74 Å². The van der Waals surface area contributed by atoms with Gasteiger partial charge in [-0.15, -0.1) is 0 Å². The van der Waals surface area contributed by atoms with Crippen LogP contribution in [0.4, 0.5) is 11.5 Å². The van der Waals surface area contributed by atoms with E-state index >= 15 is 0 Å². The number of carbonyl (C=O) groups excluding carboxylic acids is 1. The van der Waals surface area contributed by atoms with Crippen LogP contribution in [0.15, 0.2) is 67.1 Å². The largest absolute Gasteiger partial charge is 0.492 e. The summed E-state index contributed by atoms with van der Waals surface area (Å²) in [6.07, 6.45) is 5.05. The molecule has 2 aromatic heterocycles. The summed E-state index contributed by atoms with van der Waals surface area (Å²) in [4.78, 5) is 20.7. The molecule has 1 aromatic carbocycles. The molecule has 3 rings (SSSR count). The molecule has 0 saturated carbocycles. The minimum absolute atomic E-state index is 0.231. The van der Waals surface area contributed by atoms with Crippen LogP contribution in [0.2, 0.25) is 0 Å². The number of anilines is 2. The number of rotatable bonds is 7. The summed E-state index contributed by atoms with van der Waals surface area (Å²) in [6, 6.07) is 14.7. The van der Waals surface area contributed by atoms with E-state index in [1.165, 1.54) is 0 Å². The van der Waals surface area contributed by atoms with E-state index < -0.39 is 0 Å². The second-order valence-corrected chi connectivity index (χ2v) is 5.52. The summed E-state index contributed by atoms with van der Waals surface area (Å²) in [5, 5.41) is 6.07. The van der Waals surface area contributed by atoms with E-state index in [0.29, 0.717) is 36.0 Å². The number of nitrogens with one attached hydrogen (secondary N) is 2. The predicted molar refractivity (Wildman–Crippen MR) is 101 cm³/mol. The van der Waals surface area contributed by atoms with Crippen molar-refractivity contribution in [2.24, 2.45) is 0 Å². The van der Waals surface area contributed by atoms with Gasteiger partial charge in [0.25, 0.3) is 5.91 Å². The fraction of sp³-hybridized carbons (Fsp3) is 0.150. The molecule has 0 saturated heterocycles. The Labute approximate surface area is 152 Å². The van der Waals surface area contributed by atoms with Crippen molar-refractivity contribution < 1.29 is 9.53 Å². The van der Waals surface area contributed by atoms with Crippen LogP contribution < -0.4 is 15.4 Å². The number of pyridine rings is 2. The van der Waals surface area contributed by atoms with Gasteiger partial charge in [0.2, 0.25) is 0 Å². The maximum absolute atomic E-state index is 12.4. The summed E-state index contributed by atoms with van der Waals surface area (Å²) in [5.41, 5.74) is 2.22. The van der Waals surface area contributed by atoms with Gasteiger partial charge < -0.3 is 15.4 Å². The highest BCUT2D eigenvalue weighted by atomic mass is 16.5. The minimum atomic E-state index is -0.231. The Hall–Kier alpha value is -3.41. The second kappa shape index (κ2) is 8.62. The molecule has 132 valence electrons. The van der Waals surface area contributed by atoms with Gasteiger partial charge in [0.15, 0.2) is 0 Å². The molecule has 1 amide bonds. The van der Waals surface area contributed by atoms with Crippen LogP contribution in [0.25, 0.3) is 0 Å². The van der Waals surface area contributed by atoms with Crippen molar-refractivity contribution in [1.82, 2.24) is 9.97 Å². The Morgan fingerprint density at radius 1 is 1.08 bits per heavy atom. The molecule has 6 heteroatoms. The van der Waals surface area contributed by atoms with Gasteiger partial charge in [-0.25, -0.2) is 4.98 Å². The van der Waals surface area contributed by atoms with E-state index in [2.05, 4.69) is 20.6 Å². The smallest absolute Gasteiger partial charge is 0.257 e. The summed E-state index contributed by atoms with van der Waals surface area (Å²) >= 11 is 0. The SMILES string of the molecule is CCOc1ccccc1NC(=O)c1ccc(NCc2ccncc2)nc1. The van der Waals surface area contributed by atoms with Gasteiger partial charge in [0, 0.05) is 25.1 Å². The molecule has 0 aliphatic heterocycles. The first kappa shape index (κ1) is 17.4. The molecule has 0 aliphatic carbocycles. The van der Waals surface area contributed by atoms with E-state index in [-0.39, 0.29) is 5.91 Å². The lowest BCUT2D eigenvalue weighted by Crippen LogP contribution is -2.13. The number of carbonyl (C=O) groups is 1. The first-order valence-electron chi connectivity index (χ1n) is 8.38. The Morgan fingerprint density at radius 3 is 2.62 bits per heavy atom. The molecule has 0 spiro atoms. The van der Waals surface area contributed by atoms with E-state index in [0.717, 1.165) is 5.56 Å². The van der Waals surface area contributed by atoms with Crippen LogP contribution in [-0.2, 0) is 6.54 Å². The normalized spacial score (nSPS) is 10.2. The van der Waals surface area contributed by atoms with E-state index in [9.17, 15) is 4.79 Å². The molecule has 0 atom stereocenters. The average Bonchev–Trinajstić information content (AvgIpc) is 2.69. The molecule has 0 unspecified atom stereocenters. The number of benzene rings is 1. The molecule has 0 radical (unpaired) electrons. The van der Waals surface area contributed by atoms with Gasteiger partial charge in [-0.1, -0.05) is 12.1 Å². The number of aromatic nitrogens is 2. The van der Waals surface area contributed by atoms with Crippen molar-refractivity contribution >= 4 is 17.4 Å². The van der Waals surface area contributed by atoms with Gasteiger partial charge in [-0.05, 0) is 48.9 Å². The molecule has 3 aromatic rings. The van der Waals surface area contributed by atoms with Crippen LogP contribution in [0.1, 0.15) is 22.8 Å². The number of ether oxygens (including phenoxy) is 1. The number of nitrogens with zero attached hydrogens (tertiary/aromatic N) is 2. The second-order valence-electron chi connectivity index (χ2n) is 5.52. The Morgan fingerprint density at radius 2 is 1.88 bits per heavy atom. The van der Waals surface area contributed by atoms with Crippen molar-refractivity contribution in [3.8, 4) is 5.75 Å². The van der Waals surface area contributed by atoms with E-state index in [1.54, 1.807) is 36.8 Å². The first-order valence-corrected chi connectivity index (χ1v) is 8.38. The third-order valence-corrected chi connectivity index (χ3v) is 3.68. The van der Waals surface area contributed by atoms with Crippen LogP contribution in [0, 0.1) is 0 Å².